The molecule has 3 aromatic rings. The zero-order chi connectivity index (χ0) is 34.7. The van der Waals surface area contributed by atoms with Gasteiger partial charge in [0.1, 0.15) is 19.2 Å². The monoisotopic (exact) mass is 681 g/mol. The Balaban J connectivity index is 1.34. The van der Waals surface area contributed by atoms with Gasteiger partial charge < -0.3 is 36.8 Å². The fraction of sp³-hybridized carbons (Fsp3) is 0.333. The van der Waals surface area contributed by atoms with Crippen molar-refractivity contribution in [1.29, 1.82) is 0 Å². The van der Waals surface area contributed by atoms with Gasteiger partial charge in [-0.05, 0) is 71.2 Å². The van der Waals surface area contributed by atoms with Gasteiger partial charge in [-0.25, -0.2) is 9.59 Å². The number of primary amides is 1. The fourth-order valence-electron chi connectivity index (χ4n) is 5.60. The molecule has 256 valence electrons. The predicted molar refractivity (Wildman–Crippen MR) is 178 cm³/mol. The number of benzene rings is 3. The first-order valence-corrected chi connectivity index (χ1v) is 17.0. The number of carbonyl (C=O) groups excluding carboxylic acids is 4. The van der Waals surface area contributed by atoms with E-state index >= 15 is 0 Å². The highest BCUT2D eigenvalue weighted by Crippen LogP contribution is 2.44. The fourth-order valence-corrected chi connectivity index (χ4v) is 6.11. The smallest absolute Gasteiger partial charge is 0.407 e. The molecule has 4 rings (SSSR count). The lowest BCUT2D eigenvalue weighted by Crippen LogP contribution is -2.48. The van der Waals surface area contributed by atoms with Crippen LogP contribution in [0.3, 0.4) is 0 Å². The second-order valence-corrected chi connectivity index (χ2v) is 12.8. The molecule has 0 unspecified atom stereocenters. The zero-order valence-electron chi connectivity index (χ0n) is 26.1. The van der Waals surface area contributed by atoms with E-state index in [4.69, 9.17) is 15.0 Å². The summed E-state index contributed by atoms with van der Waals surface area (Å²) >= 11 is 0. The highest BCUT2D eigenvalue weighted by atomic mass is 32.2. The molecule has 0 spiro atoms. The molecule has 5 amide bonds. The maximum absolute atomic E-state index is 13.3. The van der Waals surface area contributed by atoms with Crippen molar-refractivity contribution in [2.45, 2.75) is 44.2 Å². The standard InChI is InChI=1S/C33H39N5O9S/c34-32(42)35-15-5-12-29(31(41)37-23-14-13-22(19-39)21(17-23)7-6-16-48(44,45)46)38-30(40)18-36-33(43)47-20-28-26-10-3-1-8-24(26)25-9-2-4-11-27(25)28/h1-4,8-11,13-14,17,28-29,39H,5-7,12,15-16,18-20H2,(H,36,43)(H,37,41)(H,38,40)(H3,34,35,42)(H,44,45,46)/t29-/m0/s1. The van der Waals surface area contributed by atoms with Crippen molar-refractivity contribution < 1.29 is 42.0 Å². The maximum Gasteiger partial charge on any atom is 0.407 e. The Morgan fingerprint density at radius 2 is 1.56 bits per heavy atom. The molecule has 0 bridgehead atoms. The SMILES string of the molecule is NC(=O)NCCC[C@H](NC(=O)CNC(=O)OCC1c2ccccc2-c2ccccc21)C(=O)Nc1ccc(CO)c(CCCS(=O)(=O)O)c1. The number of aryl methyl sites for hydroxylation is 1. The van der Waals surface area contributed by atoms with Crippen LogP contribution in [0.2, 0.25) is 0 Å². The van der Waals surface area contributed by atoms with Gasteiger partial charge in [-0.1, -0.05) is 54.6 Å². The first-order valence-electron chi connectivity index (χ1n) is 15.4. The minimum absolute atomic E-state index is 0.0618. The van der Waals surface area contributed by atoms with Gasteiger partial charge in [-0.2, -0.15) is 8.42 Å². The summed E-state index contributed by atoms with van der Waals surface area (Å²) in [6.07, 6.45) is -0.112. The average Bonchev–Trinajstić information content (AvgIpc) is 3.37. The van der Waals surface area contributed by atoms with Gasteiger partial charge in [0.25, 0.3) is 10.1 Å². The van der Waals surface area contributed by atoms with Crippen LogP contribution in [0.5, 0.6) is 0 Å². The molecule has 0 saturated heterocycles. The highest BCUT2D eigenvalue weighted by molar-refractivity contribution is 7.85. The minimum atomic E-state index is -4.16. The van der Waals surface area contributed by atoms with E-state index in [0.717, 1.165) is 22.3 Å². The summed E-state index contributed by atoms with van der Waals surface area (Å²) < 4.78 is 36.7. The van der Waals surface area contributed by atoms with Crippen LogP contribution in [0.15, 0.2) is 66.7 Å². The Hall–Kier alpha value is -4.99. The van der Waals surface area contributed by atoms with Crippen molar-refractivity contribution in [1.82, 2.24) is 16.0 Å². The van der Waals surface area contributed by atoms with Gasteiger partial charge in [0.05, 0.1) is 12.4 Å². The molecule has 48 heavy (non-hydrogen) atoms. The lowest BCUT2D eigenvalue weighted by atomic mass is 9.98. The van der Waals surface area contributed by atoms with Crippen LogP contribution >= 0.6 is 0 Å². The first kappa shape index (κ1) is 35.9. The van der Waals surface area contributed by atoms with Crippen LogP contribution in [0.4, 0.5) is 15.3 Å². The van der Waals surface area contributed by atoms with E-state index in [2.05, 4.69) is 21.3 Å². The number of anilines is 1. The molecule has 8 N–H and O–H groups in total. The summed E-state index contributed by atoms with van der Waals surface area (Å²) in [6, 6.07) is 18.6. The molecule has 1 aliphatic rings. The van der Waals surface area contributed by atoms with Gasteiger partial charge in [-0.15, -0.1) is 0 Å². The van der Waals surface area contributed by atoms with Crippen molar-refractivity contribution >= 4 is 39.7 Å². The van der Waals surface area contributed by atoms with Gasteiger partial charge in [-0.3, -0.25) is 14.1 Å². The number of nitrogens with one attached hydrogen (secondary N) is 4. The van der Waals surface area contributed by atoms with Gasteiger partial charge >= 0.3 is 12.1 Å². The molecule has 0 fully saturated rings. The van der Waals surface area contributed by atoms with Crippen LogP contribution in [0, 0.1) is 0 Å². The number of hydrogen-bond acceptors (Lipinski definition) is 8. The predicted octanol–water partition coefficient (Wildman–Crippen LogP) is 2.41. The number of aliphatic hydroxyl groups excluding tert-OH is 1. The Labute approximate surface area is 278 Å². The summed E-state index contributed by atoms with van der Waals surface area (Å²) in [6.45, 7) is -0.580. The number of rotatable bonds is 16. The van der Waals surface area contributed by atoms with E-state index in [-0.39, 0.29) is 51.4 Å². The molecule has 1 aliphatic carbocycles. The van der Waals surface area contributed by atoms with Crippen molar-refractivity contribution in [3.8, 4) is 11.1 Å². The topological polar surface area (TPSA) is 226 Å². The minimum Gasteiger partial charge on any atom is -0.449 e. The lowest BCUT2D eigenvalue weighted by Gasteiger charge is -2.20. The van der Waals surface area contributed by atoms with Crippen LogP contribution in [0.25, 0.3) is 11.1 Å². The molecule has 1 atom stereocenters. The maximum atomic E-state index is 13.3. The summed E-state index contributed by atoms with van der Waals surface area (Å²) in [4.78, 5) is 49.7. The van der Waals surface area contributed by atoms with Crippen LogP contribution in [-0.2, 0) is 37.5 Å². The van der Waals surface area contributed by atoms with Crippen LogP contribution in [-0.4, -0.2) is 73.5 Å². The normalized spacial score (nSPS) is 12.7. The Kier molecular flexibility index (Phi) is 12.5. The molecule has 0 aromatic heterocycles. The van der Waals surface area contributed by atoms with Crippen molar-refractivity contribution in [2.24, 2.45) is 5.73 Å². The second kappa shape index (κ2) is 16.7. The van der Waals surface area contributed by atoms with Crippen LogP contribution in [0.1, 0.15) is 47.4 Å². The Bertz CT molecular complexity index is 1700. The molecule has 0 aliphatic heterocycles. The molecule has 0 saturated carbocycles. The van der Waals surface area contributed by atoms with Gasteiger partial charge in [0.15, 0.2) is 0 Å². The quantitative estimate of drug-likeness (QED) is 0.0869. The number of nitrogens with two attached hydrogens (primary N) is 1. The lowest BCUT2D eigenvalue weighted by molar-refractivity contribution is -0.126. The highest BCUT2D eigenvalue weighted by Gasteiger charge is 2.29. The number of hydrogen-bond donors (Lipinski definition) is 7. The third-order valence-corrected chi connectivity index (χ3v) is 8.65. The number of carbonyl (C=O) groups is 4. The summed E-state index contributed by atoms with van der Waals surface area (Å²) in [5.74, 6) is -1.88. The zero-order valence-corrected chi connectivity index (χ0v) is 26.9. The summed E-state index contributed by atoms with van der Waals surface area (Å²) in [5.41, 5.74) is 10.8. The van der Waals surface area contributed by atoms with E-state index in [1.807, 2.05) is 48.5 Å². The van der Waals surface area contributed by atoms with E-state index in [9.17, 15) is 32.7 Å². The number of amides is 5. The van der Waals surface area contributed by atoms with E-state index in [1.165, 1.54) is 0 Å². The van der Waals surface area contributed by atoms with Crippen molar-refractivity contribution in [3.05, 3.63) is 89.0 Å². The van der Waals surface area contributed by atoms with Crippen molar-refractivity contribution in [2.75, 3.05) is 30.8 Å². The Morgan fingerprint density at radius 3 is 2.19 bits per heavy atom. The molecular formula is C33H39N5O9S. The Morgan fingerprint density at radius 1 is 0.896 bits per heavy atom. The summed E-state index contributed by atoms with van der Waals surface area (Å²) in [7, 11) is -4.16. The number of ether oxygens (including phenoxy) is 1. The van der Waals surface area contributed by atoms with E-state index < -0.39 is 52.4 Å². The molecule has 0 heterocycles. The number of aliphatic hydroxyl groups is 1. The number of urea groups is 1. The van der Waals surface area contributed by atoms with E-state index in [0.29, 0.717) is 16.8 Å². The van der Waals surface area contributed by atoms with Crippen molar-refractivity contribution in [3.63, 3.8) is 0 Å². The molecule has 0 radical (unpaired) electrons. The average molecular weight is 682 g/mol. The van der Waals surface area contributed by atoms with Crippen LogP contribution < -0.4 is 27.0 Å². The largest absolute Gasteiger partial charge is 0.449 e. The van der Waals surface area contributed by atoms with E-state index in [1.54, 1.807) is 18.2 Å². The molecule has 3 aromatic carbocycles. The molecule has 15 heteroatoms. The molecular weight excluding hydrogens is 642 g/mol. The summed E-state index contributed by atoms with van der Waals surface area (Å²) in [5, 5.41) is 19.8. The number of alkyl carbamates (subject to hydrolysis) is 1. The van der Waals surface area contributed by atoms with Gasteiger partial charge in [0, 0.05) is 18.2 Å². The second-order valence-electron chi connectivity index (χ2n) is 11.3. The first-order chi connectivity index (χ1) is 22.9. The third-order valence-electron chi connectivity index (χ3n) is 7.85. The molecule has 14 nitrogen and oxygen atoms in total. The van der Waals surface area contributed by atoms with Gasteiger partial charge in [0.2, 0.25) is 11.8 Å². The third kappa shape index (κ3) is 10.3. The number of fused-ring (bicyclic) bond motifs is 3.